The fraction of sp³-hybridized carbons (Fsp3) is 0. The summed E-state index contributed by atoms with van der Waals surface area (Å²) in [5, 5.41) is 19.9. The van der Waals surface area contributed by atoms with Crippen LogP contribution in [0.1, 0.15) is 15.9 Å². The Labute approximate surface area is 95.0 Å². The molecule has 7 heteroatoms. The standard InChI is InChI=1S/C10H6N2O5/c11-9(14)2-1-6-3-7(5-13)10(15)8(4-6)12(16)17/h3-5,15H,(H2,11,14). The van der Waals surface area contributed by atoms with E-state index >= 15 is 0 Å². The third-order valence-corrected chi connectivity index (χ3v) is 1.77. The van der Waals surface area contributed by atoms with Gasteiger partial charge in [-0.15, -0.1) is 0 Å². The summed E-state index contributed by atoms with van der Waals surface area (Å²) in [6.45, 7) is 0. The maximum absolute atomic E-state index is 10.6. The third-order valence-electron chi connectivity index (χ3n) is 1.77. The van der Waals surface area contributed by atoms with Crippen LogP contribution in [0.2, 0.25) is 0 Å². The molecular weight excluding hydrogens is 228 g/mol. The number of primary amides is 1. The van der Waals surface area contributed by atoms with E-state index in [1.54, 1.807) is 0 Å². The average molecular weight is 234 g/mol. The molecule has 0 aliphatic heterocycles. The quantitative estimate of drug-likeness (QED) is 0.321. The second-order valence-corrected chi connectivity index (χ2v) is 2.92. The molecule has 0 atom stereocenters. The largest absolute Gasteiger partial charge is 0.502 e. The van der Waals surface area contributed by atoms with Gasteiger partial charge < -0.3 is 10.8 Å². The molecule has 86 valence electrons. The lowest BCUT2D eigenvalue weighted by Gasteiger charge is -1.99. The van der Waals surface area contributed by atoms with Crippen molar-refractivity contribution in [3.8, 4) is 17.6 Å². The van der Waals surface area contributed by atoms with E-state index in [2.05, 4.69) is 5.92 Å². The van der Waals surface area contributed by atoms with Crippen LogP contribution in [-0.2, 0) is 4.79 Å². The number of carbonyl (C=O) groups excluding carboxylic acids is 2. The zero-order valence-electron chi connectivity index (χ0n) is 8.34. The van der Waals surface area contributed by atoms with E-state index in [0.29, 0.717) is 0 Å². The number of hydrogen-bond acceptors (Lipinski definition) is 5. The fourth-order valence-electron chi connectivity index (χ4n) is 1.08. The topological polar surface area (TPSA) is 124 Å². The normalized spacial score (nSPS) is 8.94. The Morgan fingerprint density at radius 3 is 2.65 bits per heavy atom. The van der Waals surface area contributed by atoms with Gasteiger partial charge in [0.2, 0.25) is 5.75 Å². The SMILES string of the molecule is NC(=O)C#Cc1cc(C=O)c(O)c([N+](=O)[O-])c1. The van der Waals surface area contributed by atoms with Gasteiger partial charge in [-0.2, -0.15) is 0 Å². The summed E-state index contributed by atoms with van der Waals surface area (Å²) in [5.41, 5.74) is 3.86. The van der Waals surface area contributed by atoms with Crippen molar-refractivity contribution >= 4 is 17.9 Å². The molecule has 0 unspecified atom stereocenters. The van der Waals surface area contributed by atoms with Gasteiger partial charge in [0.05, 0.1) is 10.5 Å². The minimum absolute atomic E-state index is 0.0374. The molecule has 17 heavy (non-hydrogen) atoms. The summed E-state index contributed by atoms with van der Waals surface area (Å²) in [6, 6.07) is 2.06. The molecule has 7 nitrogen and oxygen atoms in total. The number of carbonyl (C=O) groups is 2. The molecule has 0 radical (unpaired) electrons. The number of nitro benzene ring substituents is 1. The number of phenols is 1. The monoisotopic (exact) mass is 234 g/mol. The molecule has 1 aromatic rings. The van der Waals surface area contributed by atoms with Gasteiger partial charge in [-0.3, -0.25) is 19.7 Å². The van der Waals surface area contributed by atoms with Crippen molar-refractivity contribution in [2.45, 2.75) is 0 Å². The molecule has 3 N–H and O–H groups in total. The van der Waals surface area contributed by atoms with Gasteiger partial charge in [-0.25, -0.2) is 0 Å². The summed E-state index contributed by atoms with van der Waals surface area (Å²) < 4.78 is 0. The number of phenolic OH excluding ortho intramolecular Hbond substituents is 1. The average Bonchev–Trinajstić information content (AvgIpc) is 2.27. The first kappa shape index (κ1) is 12.2. The Balaban J connectivity index is 3.41. The Hall–Kier alpha value is -2.88. The zero-order valence-corrected chi connectivity index (χ0v) is 8.34. The Morgan fingerprint density at radius 2 is 2.18 bits per heavy atom. The lowest BCUT2D eigenvalue weighted by Crippen LogP contribution is -2.06. The molecule has 0 aliphatic rings. The van der Waals surface area contributed by atoms with E-state index in [1.807, 2.05) is 5.92 Å². The van der Waals surface area contributed by atoms with Gasteiger partial charge >= 0.3 is 5.69 Å². The summed E-state index contributed by atoms with van der Waals surface area (Å²) in [6.07, 6.45) is 0.248. The van der Waals surface area contributed by atoms with Crippen LogP contribution in [0, 0.1) is 22.0 Å². The molecular formula is C10H6N2O5. The Bertz CT molecular complexity index is 568. The first-order valence-electron chi connectivity index (χ1n) is 4.23. The second kappa shape index (κ2) is 4.76. The van der Waals surface area contributed by atoms with Crippen LogP contribution in [-0.4, -0.2) is 22.2 Å². The highest BCUT2D eigenvalue weighted by atomic mass is 16.6. The molecule has 0 fully saturated rings. The predicted molar refractivity (Wildman–Crippen MR) is 56.2 cm³/mol. The molecule has 0 spiro atoms. The highest BCUT2D eigenvalue weighted by Crippen LogP contribution is 2.29. The van der Waals surface area contributed by atoms with E-state index in [9.17, 15) is 24.8 Å². The second-order valence-electron chi connectivity index (χ2n) is 2.92. The Kier molecular flexibility index (Phi) is 3.41. The first-order chi connectivity index (χ1) is 7.95. The van der Waals surface area contributed by atoms with Crippen molar-refractivity contribution in [1.82, 2.24) is 0 Å². The van der Waals surface area contributed by atoms with E-state index in [1.165, 1.54) is 0 Å². The van der Waals surface area contributed by atoms with Crippen LogP contribution in [0.3, 0.4) is 0 Å². The highest BCUT2D eigenvalue weighted by molar-refractivity contribution is 5.93. The minimum Gasteiger partial charge on any atom is -0.502 e. The molecule has 0 heterocycles. The van der Waals surface area contributed by atoms with Crippen molar-refractivity contribution < 1.29 is 19.6 Å². The van der Waals surface area contributed by atoms with Crippen molar-refractivity contribution in [2.75, 3.05) is 0 Å². The summed E-state index contributed by atoms with van der Waals surface area (Å²) in [4.78, 5) is 30.7. The first-order valence-corrected chi connectivity index (χ1v) is 4.23. The van der Waals surface area contributed by atoms with Gasteiger partial charge in [0.25, 0.3) is 5.91 Å². The number of benzene rings is 1. The zero-order chi connectivity index (χ0) is 13.0. The number of nitro groups is 1. The van der Waals surface area contributed by atoms with Gasteiger partial charge in [-0.1, -0.05) is 5.92 Å². The van der Waals surface area contributed by atoms with Gasteiger partial charge in [-0.05, 0) is 12.0 Å². The minimum atomic E-state index is -0.909. The van der Waals surface area contributed by atoms with Crippen LogP contribution in [0.5, 0.6) is 5.75 Å². The fourth-order valence-corrected chi connectivity index (χ4v) is 1.08. The third kappa shape index (κ3) is 2.79. The van der Waals surface area contributed by atoms with Crippen molar-refractivity contribution in [3.05, 3.63) is 33.4 Å². The number of hydrogen-bond donors (Lipinski definition) is 2. The molecule has 1 rings (SSSR count). The molecule has 0 saturated carbocycles. The van der Waals surface area contributed by atoms with E-state index in [-0.39, 0.29) is 17.4 Å². The number of nitrogens with two attached hydrogens (primary N) is 1. The van der Waals surface area contributed by atoms with Gasteiger partial charge in [0.1, 0.15) is 0 Å². The lowest BCUT2D eigenvalue weighted by atomic mass is 10.1. The van der Waals surface area contributed by atoms with Crippen LogP contribution in [0.4, 0.5) is 5.69 Å². The number of aromatic hydroxyl groups is 1. The van der Waals surface area contributed by atoms with Crippen molar-refractivity contribution in [2.24, 2.45) is 5.73 Å². The number of amides is 1. The molecule has 0 saturated heterocycles. The number of aldehydes is 1. The molecule has 0 bridgehead atoms. The predicted octanol–water partition coefficient (Wildman–Crippen LogP) is -0.0503. The molecule has 0 aromatic heterocycles. The Morgan fingerprint density at radius 1 is 1.53 bits per heavy atom. The maximum atomic E-state index is 10.6. The van der Waals surface area contributed by atoms with Crippen molar-refractivity contribution in [1.29, 1.82) is 0 Å². The number of rotatable bonds is 2. The van der Waals surface area contributed by atoms with E-state index < -0.39 is 22.3 Å². The van der Waals surface area contributed by atoms with Crippen LogP contribution in [0.25, 0.3) is 0 Å². The lowest BCUT2D eigenvalue weighted by molar-refractivity contribution is -0.385. The van der Waals surface area contributed by atoms with E-state index in [4.69, 9.17) is 5.73 Å². The smallest absolute Gasteiger partial charge is 0.312 e. The van der Waals surface area contributed by atoms with Crippen LogP contribution >= 0.6 is 0 Å². The van der Waals surface area contributed by atoms with E-state index in [0.717, 1.165) is 12.1 Å². The molecule has 0 aliphatic carbocycles. The summed E-state index contributed by atoms with van der Waals surface area (Å²) in [5.74, 6) is 2.56. The summed E-state index contributed by atoms with van der Waals surface area (Å²) in [7, 11) is 0. The molecule has 1 aromatic carbocycles. The maximum Gasteiger partial charge on any atom is 0.312 e. The molecule has 1 amide bonds. The van der Waals surface area contributed by atoms with Crippen LogP contribution < -0.4 is 5.73 Å². The van der Waals surface area contributed by atoms with Crippen LogP contribution in [0.15, 0.2) is 12.1 Å². The highest BCUT2D eigenvalue weighted by Gasteiger charge is 2.18. The summed E-state index contributed by atoms with van der Waals surface area (Å²) >= 11 is 0. The van der Waals surface area contributed by atoms with Crippen molar-refractivity contribution in [3.63, 3.8) is 0 Å². The number of nitrogens with zero attached hydrogens (tertiary/aromatic N) is 1. The van der Waals surface area contributed by atoms with Gasteiger partial charge in [0.15, 0.2) is 6.29 Å². The van der Waals surface area contributed by atoms with Gasteiger partial charge in [0, 0.05) is 11.6 Å².